The van der Waals surface area contributed by atoms with E-state index < -0.39 is 23.1 Å². The third kappa shape index (κ3) is 3.34. The van der Waals surface area contributed by atoms with E-state index in [1.165, 1.54) is 42.4 Å². The van der Waals surface area contributed by atoms with Crippen LogP contribution in [0.2, 0.25) is 0 Å². The van der Waals surface area contributed by atoms with Gasteiger partial charge < -0.3 is 15.8 Å². The van der Waals surface area contributed by atoms with Crippen LogP contribution < -0.4 is 15.8 Å². The van der Waals surface area contributed by atoms with Gasteiger partial charge in [0.2, 0.25) is 5.88 Å². The number of hydrogen-bond acceptors (Lipinski definition) is 7. The highest BCUT2D eigenvalue weighted by Gasteiger charge is 2.36. The molecule has 0 saturated heterocycles. The lowest BCUT2D eigenvalue weighted by Gasteiger charge is -2.31. The van der Waals surface area contributed by atoms with Gasteiger partial charge >= 0.3 is 0 Å². The highest BCUT2D eigenvalue weighted by Crippen LogP contribution is 2.35. The number of hydrogen-bond donors (Lipinski definition) is 2. The molecule has 3 aromatic rings. The number of aliphatic imine (C=N–C) groups is 1. The lowest BCUT2D eigenvalue weighted by atomic mass is 9.90. The largest absolute Gasteiger partial charge is 0.480 e. The Balaban J connectivity index is 1.63. The van der Waals surface area contributed by atoms with E-state index in [0.29, 0.717) is 5.69 Å². The first-order chi connectivity index (χ1) is 14.3. The van der Waals surface area contributed by atoms with Gasteiger partial charge in [-0.2, -0.15) is 5.10 Å². The molecule has 1 aliphatic heterocycles. The molecule has 30 heavy (non-hydrogen) atoms. The first kappa shape index (κ1) is 19.4. The Kier molecular flexibility index (Phi) is 4.65. The zero-order valence-corrected chi connectivity index (χ0v) is 16.1. The minimum atomic E-state index is -1.15. The lowest BCUT2D eigenvalue weighted by molar-refractivity contribution is 0.102. The van der Waals surface area contributed by atoms with Gasteiger partial charge in [-0.3, -0.25) is 14.5 Å². The summed E-state index contributed by atoms with van der Waals surface area (Å²) in [6, 6.07) is 4.07. The lowest BCUT2D eigenvalue weighted by Crippen LogP contribution is -2.38. The summed E-state index contributed by atoms with van der Waals surface area (Å²) in [6.07, 6.45) is 3.61. The highest BCUT2D eigenvalue weighted by molar-refractivity contribution is 6.02. The molecule has 0 aliphatic carbocycles. The molecule has 4 rings (SSSR count). The summed E-state index contributed by atoms with van der Waals surface area (Å²) < 4.78 is 34.8. The van der Waals surface area contributed by atoms with Gasteiger partial charge in [-0.25, -0.2) is 18.7 Å². The number of nitrogens with zero attached hydrogens (tertiary/aromatic N) is 5. The standard InChI is InChI=1S/C19H17F2N7O2/c1-19(9-28-16(17(22)27-19)13(21)6-25-28)11-5-10(3-4-12(11)20)26-18(29)14-7-24-15(30-2)8-23-14/h3-8H,9H2,1-2H3,(H2,22,27)(H,26,29). The molecule has 3 N–H and O–H groups in total. The minimum Gasteiger partial charge on any atom is -0.480 e. The number of methoxy groups -OCH3 is 1. The summed E-state index contributed by atoms with van der Waals surface area (Å²) in [6.45, 7) is 1.73. The van der Waals surface area contributed by atoms with E-state index in [1.807, 2.05) is 0 Å². The number of nitrogens with two attached hydrogens (primary N) is 1. The van der Waals surface area contributed by atoms with Crippen molar-refractivity contribution in [3.8, 4) is 5.88 Å². The molecule has 1 aromatic carbocycles. The predicted molar refractivity (Wildman–Crippen MR) is 103 cm³/mol. The van der Waals surface area contributed by atoms with Crippen molar-refractivity contribution in [1.29, 1.82) is 0 Å². The summed E-state index contributed by atoms with van der Waals surface area (Å²) in [5.74, 6) is -1.49. The SMILES string of the molecule is COc1cnc(C(=O)Nc2ccc(F)c(C3(C)Cn4ncc(F)c4C(N)=N3)c2)cn1. The zero-order valence-electron chi connectivity index (χ0n) is 16.1. The molecule has 0 saturated carbocycles. The molecule has 0 radical (unpaired) electrons. The number of ether oxygens (including phenoxy) is 1. The molecular weight excluding hydrogens is 396 g/mol. The topological polar surface area (TPSA) is 120 Å². The smallest absolute Gasteiger partial charge is 0.275 e. The Bertz CT molecular complexity index is 1160. The normalized spacial score (nSPS) is 17.8. The number of carbonyl (C=O) groups is 1. The number of carbonyl (C=O) groups excluding carboxylic acids is 1. The molecule has 0 fully saturated rings. The first-order valence-electron chi connectivity index (χ1n) is 8.85. The summed E-state index contributed by atoms with van der Waals surface area (Å²) in [4.78, 5) is 24.7. The van der Waals surface area contributed by atoms with E-state index >= 15 is 0 Å². The van der Waals surface area contributed by atoms with Crippen molar-refractivity contribution in [2.24, 2.45) is 10.7 Å². The maximum atomic E-state index is 14.7. The van der Waals surface area contributed by atoms with Crippen LogP contribution in [0.4, 0.5) is 14.5 Å². The van der Waals surface area contributed by atoms with Crippen LogP contribution in [-0.2, 0) is 12.1 Å². The number of benzene rings is 1. The van der Waals surface area contributed by atoms with Gasteiger partial charge in [0.05, 0.1) is 32.2 Å². The van der Waals surface area contributed by atoms with E-state index in [1.54, 1.807) is 6.92 Å². The molecule has 0 spiro atoms. The quantitative estimate of drug-likeness (QED) is 0.674. The van der Waals surface area contributed by atoms with Crippen molar-refractivity contribution in [3.05, 3.63) is 65.4 Å². The van der Waals surface area contributed by atoms with Gasteiger partial charge in [0.25, 0.3) is 5.91 Å². The van der Waals surface area contributed by atoms with Crippen molar-refractivity contribution in [3.63, 3.8) is 0 Å². The number of aromatic nitrogens is 4. The van der Waals surface area contributed by atoms with E-state index in [4.69, 9.17) is 10.5 Å². The van der Waals surface area contributed by atoms with Crippen molar-refractivity contribution < 1.29 is 18.3 Å². The van der Waals surface area contributed by atoms with Crippen molar-refractivity contribution >= 4 is 17.4 Å². The van der Waals surface area contributed by atoms with E-state index in [9.17, 15) is 13.6 Å². The van der Waals surface area contributed by atoms with E-state index in [0.717, 1.165) is 6.20 Å². The molecule has 3 heterocycles. The molecule has 2 aromatic heterocycles. The number of nitrogens with one attached hydrogen (secondary N) is 1. The molecule has 1 atom stereocenters. The Labute approximate surface area is 169 Å². The number of rotatable bonds is 4. The fourth-order valence-electron chi connectivity index (χ4n) is 3.28. The van der Waals surface area contributed by atoms with Crippen LogP contribution in [0.25, 0.3) is 0 Å². The minimum absolute atomic E-state index is 0.0597. The van der Waals surface area contributed by atoms with Crippen molar-refractivity contribution in [2.45, 2.75) is 19.0 Å². The van der Waals surface area contributed by atoms with Gasteiger partial charge in [0.1, 0.15) is 28.6 Å². The molecule has 1 aliphatic rings. The molecule has 11 heteroatoms. The van der Waals surface area contributed by atoms with E-state index in [-0.39, 0.29) is 35.2 Å². The number of halogens is 2. The third-order valence-electron chi connectivity index (χ3n) is 4.74. The average molecular weight is 413 g/mol. The van der Waals surface area contributed by atoms with Crippen LogP contribution >= 0.6 is 0 Å². The monoisotopic (exact) mass is 413 g/mol. The van der Waals surface area contributed by atoms with Crippen molar-refractivity contribution in [1.82, 2.24) is 19.7 Å². The van der Waals surface area contributed by atoms with Gasteiger partial charge in [-0.15, -0.1) is 0 Å². The number of amidine groups is 1. The summed E-state index contributed by atoms with van der Waals surface area (Å²) in [5.41, 5.74) is 5.37. The van der Waals surface area contributed by atoms with Crippen molar-refractivity contribution in [2.75, 3.05) is 12.4 Å². The van der Waals surface area contributed by atoms with Crippen LogP contribution in [0.15, 0.2) is 41.8 Å². The van der Waals surface area contributed by atoms with E-state index in [2.05, 4.69) is 25.4 Å². The maximum absolute atomic E-state index is 14.7. The Morgan fingerprint density at radius 3 is 2.73 bits per heavy atom. The summed E-state index contributed by atoms with van der Waals surface area (Å²) >= 11 is 0. The fourth-order valence-corrected chi connectivity index (χ4v) is 3.28. The Hall–Kier alpha value is -3.89. The summed E-state index contributed by atoms with van der Waals surface area (Å²) in [5, 5.41) is 6.59. The fraction of sp³-hybridized carbons (Fsp3) is 0.211. The molecule has 9 nitrogen and oxygen atoms in total. The second-order valence-electron chi connectivity index (χ2n) is 6.86. The highest BCUT2D eigenvalue weighted by atomic mass is 19.1. The van der Waals surface area contributed by atoms with Crippen LogP contribution in [0.3, 0.4) is 0 Å². The Morgan fingerprint density at radius 1 is 1.23 bits per heavy atom. The van der Waals surface area contributed by atoms with Gasteiger partial charge in [0, 0.05) is 11.3 Å². The first-order valence-corrected chi connectivity index (χ1v) is 8.85. The number of fused-ring (bicyclic) bond motifs is 1. The van der Waals surface area contributed by atoms with Crippen LogP contribution in [0.1, 0.15) is 28.7 Å². The van der Waals surface area contributed by atoms with Crippen LogP contribution in [0, 0.1) is 11.6 Å². The second kappa shape index (κ2) is 7.17. The molecular formula is C19H17F2N7O2. The summed E-state index contributed by atoms with van der Waals surface area (Å²) in [7, 11) is 1.44. The van der Waals surface area contributed by atoms with Crippen LogP contribution in [-0.4, -0.2) is 38.6 Å². The second-order valence-corrected chi connectivity index (χ2v) is 6.86. The molecule has 1 amide bonds. The Morgan fingerprint density at radius 2 is 2.03 bits per heavy atom. The average Bonchev–Trinajstić information content (AvgIpc) is 3.09. The molecule has 1 unspecified atom stereocenters. The van der Waals surface area contributed by atoms with Gasteiger partial charge in [-0.1, -0.05) is 0 Å². The van der Waals surface area contributed by atoms with Gasteiger partial charge in [-0.05, 0) is 25.1 Å². The molecule has 154 valence electrons. The van der Waals surface area contributed by atoms with Crippen LogP contribution in [0.5, 0.6) is 5.88 Å². The predicted octanol–water partition coefficient (Wildman–Crippen LogP) is 1.85. The number of anilines is 1. The number of amides is 1. The molecule has 0 bridgehead atoms. The maximum Gasteiger partial charge on any atom is 0.275 e. The third-order valence-corrected chi connectivity index (χ3v) is 4.74. The zero-order chi connectivity index (χ0) is 21.5. The van der Waals surface area contributed by atoms with Gasteiger partial charge in [0.15, 0.2) is 5.82 Å².